The molecular formula is C23H23N3O5S. The van der Waals surface area contributed by atoms with Crippen LogP contribution in [-0.4, -0.2) is 49.3 Å². The molecule has 9 heteroatoms. The number of ether oxygens (including phenoxy) is 1. The minimum Gasteiger partial charge on any atom is -0.445 e. The zero-order valence-electron chi connectivity index (χ0n) is 17.3. The Labute approximate surface area is 186 Å². The van der Waals surface area contributed by atoms with Gasteiger partial charge >= 0.3 is 6.09 Å². The summed E-state index contributed by atoms with van der Waals surface area (Å²) >= 11 is 0. The molecule has 1 atom stereocenters. The maximum absolute atomic E-state index is 13.0. The van der Waals surface area contributed by atoms with Gasteiger partial charge in [0.05, 0.1) is 4.90 Å². The molecule has 0 aromatic heterocycles. The van der Waals surface area contributed by atoms with Crippen LogP contribution < -0.4 is 5.32 Å². The first-order chi connectivity index (χ1) is 15.4. The molecule has 166 valence electrons. The number of nitrogens with one attached hydrogen (secondary N) is 1. The minimum absolute atomic E-state index is 0.0554. The fraction of sp³-hybridized carbons (Fsp3) is 0.217. The SMILES string of the molecule is C=CC(=O)Nc1ccc(S(=O)(=O)N2C=C3CN(C(=O)OCc4ccccc4)CC3C2)cc1. The van der Waals surface area contributed by atoms with E-state index < -0.39 is 16.1 Å². The molecule has 2 amide bonds. The lowest BCUT2D eigenvalue weighted by atomic mass is 10.1. The van der Waals surface area contributed by atoms with E-state index in [9.17, 15) is 18.0 Å². The van der Waals surface area contributed by atoms with Gasteiger partial charge < -0.3 is 15.0 Å². The number of likely N-dealkylation sites (tertiary alicyclic amines) is 1. The highest BCUT2D eigenvalue weighted by atomic mass is 32.2. The van der Waals surface area contributed by atoms with Crippen LogP contribution in [0.1, 0.15) is 5.56 Å². The van der Waals surface area contributed by atoms with Gasteiger partial charge in [-0.25, -0.2) is 13.2 Å². The molecule has 0 radical (unpaired) electrons. The summed E-state index contributed by atoms with van der Waals surface area (Å²) in [5, 5.41) is 2.58. The Balaban J connectivity index is 1.37. The zero-order chi connectivity index (χ0) is 22.7. The molecule has 2 aromatic carbocycles. The maximum atomic E-state index is 13.0. The number of rotatable bonds is 6. The van der Waals surface area contributed by atoms with Crippen molar-refractivity contribution in [2.45, 2.75) is 11.5 Å². The van der Waals surface area contributed by atoms with Crippen molar-refractivity contribution in [1.29, 1.82) is 0 Å². The predicted octanol–water partition coefficient (Wildman–Crippen LogP) is 2.97. The molecule has 32 heavy (non-hydrogen) atoms. The second-order valence-corrected chi connectivity index (χ2v) is 9.50. The summed E-state index contributed by atoms with van der Waals surface area (Å²) in [6, 6.07) is 15.4. The number of benzene rings is 2. The third kappa shape index (κ3) is 4.52. The Kier molecular flexibility index (Phi) is 6.00. The van der Waals surface area contributed by atoms with Crippen LogP contribution in [0.3, 0.4) is 0 Å². The molecular weight excluding hydrogens is 430 g/mol. The van der Waals surface area contributed by atoms with Crippen molar-refractivity contribution in [1.82, 2.24) is 9.21 Å². The fourth-order valence-corrected chi connectivity index (χ4v) is 5.13. The van der Waals surface area contributed by atoms with Crippen molar-refractivity contribution < 1.29 is 22.7 Å². The summed E-state index contributed by atoms with van der Waals surface area (Å²) in [5.74, 6) is -0.426. The van der Waals surface area contributed by atoms with Crippen molar-refractivity contribution in [2.24, 2.45) is 5.92 Å². The van der Waals surface area contributed by atoms with E-state index in [2.05, 4.69) is 11.9 Å². The van der Waals surface area contributed by atoms with Crippen LogP contribution in [0.15, 0.2) is 83.9 Å². The highest BCUT2D eigenvalue weighted by Gasteiger charge is 2.39. The van der Waals surface area contributed by atoms with Gasteiger partial charge in [-0.3, -0.25) is 9.10 Å². The first-order valence-corrected chi connectivity index (χ1v) is 11.5. The maximum Gasteiger partial charge on any atom is 0.410 e. The lowest BCUT2D eigenvalue weighted by Crippen LogP contribution is -2.33. The second kappa shape index (κ2) is 8.88. The van der Waals surface area contributed by atoms with E-state index in [0.717, 1.165) is 17.2 Å². The van der Waals surface area contributed by atoms with Gasteiger partial charge in [0.1, 0.15) is 6.61 Å². The first kappa shape index (κ1) is 21.6. The third-order valence-corrected chi connectivity index (χ3v) is 7.17. The number of carbonyl (C=O) groups is 2. The summed E-state index contributed by atoms with van der Waals surface area (Å²) in [6.45, 7) is 4.61. The number of amides is 2. The van der Waals surface area contributed by atoms with Gasteiger partial charge in [-0.15, -0.1) is 0 Å². The molecule has 0 bridgehead atoms. The Morgan fingerprint density at radius 2 is 1.81 bits per heavy atom. The summed E-state index contributed by atoms with van der Waals surface area (Å²) in [5.41, 5.74) is 2.28. The number of fused-ring (bicyclic) bond motifs is 1. The molecule has 0 aliphatic carbocycles. The molecule has 8 nitrogen and oxygen atoms in total. The van der Waals surface area contributed by atoms with Gasteiger partial charge in [0.2, 0.25) is 5.91 Å². The Morgan fingerprint density at radius 1 is 1.09 bits per heavy atom. The Morgan fingerprint density at radius 3 is 2.47 bits per heavy atom. The molecule has 2 heterocycles. The fourth-order valence-electron chi connectivity index (χ4n) is 3.73. The Bertz CT molecular complexity index is 1160. The molecule has 2 aliphatic rings. The lowest BCUT2D eigenvalue weighted by molar-refractivity contribution is -0.111. The quantitative estimate of drug-likeness (QED) is 0.679. The normalized spacial score (nSPS) is 17.5. The van der Waals surface area contributed by atoms with Crippen LogP contribution in [0.25, 0.3) is 0 Å². The number of hydrogen-bond acceptors (Lipinski definition) is 5. The van der Waals surface area contributed by atoms with Crippen LogP contribution in [0.4, 0.5) is 10.5 Å². The van der Waals surface area contributed by atoms with E-state index >= 15 is 0 Å². The Hall–Kier alpha value is -3.59. The number of sulfonamides is 1. The monoisotopic (exact) mass is 453 g/mol. The highest BCUT2D eigenvalue weighted by molar-refractivity contribution is 7.89. The van der Waals surface area contributed by atoms with Gasteiger partial charge in [0, 0.05) is 37.4 Å². The van der Waals surface area contributed by atoms with Gasteiger partial charge in [-0.2, -0.15) is 0 Å². The number of carbonyl (C=O) groups excluding carboxylic acids is 2. The third-order valence-electron chi connectivity index (χ3n) is 5.43. The average molecular weight is 454 g/mol. The molecule has 4 rings (SSSR count). The number of nitrogens with zero attached hydrogens (tertiary/aromatic N) is 2. The van der Waals surface area contributed by atoms with Crippen LogP contribution in [0.2, 0.25) is 0 Å². The number of anilines is 1. The van der Waals surface area contributed by atoms with E-state index in [1.807, 2.05) is 30.3 Å². The minimum atomic E-state index is -3.73. The van der Waals surface area contributed by atoms with Crippen LogP contribution in [0.5, 0.6) is 0 Å². The molecule has 2 aliphatic heterocycles. The van der Waals surface area contributed by atoms with Crippen molar-refractivity contribution in [3.05, 3.63) is 84.6 Å². The van der Waals surface area contributed by atoms with Gasteiger partial charge in [-0.1, -0.05) is 36.9 Å². The average Bonchev–Trinajstić information content (AvgIpc) is 3.38. The largest absolute Gasteiger partial charge is 0.445 e. The molecule has 0 saturated carbocycles. The standard InChI is InChI=1S/C23H23N3O5S/c1-2-22(27)24-20-8-10-21(11-9-20)32(29,30)26-14-18-12-25(13-19(18)15-26)23(28)31-16-17-6-4-3-5-7-17/h2-11,14,19H,1,12-13,15-16H2,(H,24,27). The summed E-state index contributed by atoms with van der Waals surface area (Å²) in [4.78, 5) is 25.5. The van der Waals surface area contributed by atoms with E-state index in [-0.39, 0.29) is 29.9 Å². The molecule has 2 aromatic rings. The molecule has 0 spiro atoms. The second-order valence-electron chi connectivity index (χ2n) is 7.61. The smallest absolute Gasteiger partial charge is 0.410 e. The first-order valence-electron chi connectivity index (χ1n) is 10.1. The van der Waals surface area contributed by atoms with Crippen LogP contribution >= 0.6 is 0 Å². The zero-order valence-corrected chi connectivity index (χ0v) is 18.1. The molecule has 1 N–H and O–H groups in total. The summed E-state index contributed by atoms with van der Waals surface area (Å²) < 4.78 is 32.7. The van der Waals surface area contributed by atoms with Gasteiger partial charge in [0.25, 0.3) is 10.0 Å². The summed E-state index contributed by atoms with van der Waals surface area (Å²) in [6.07, 6.45) is 2.34. The van der Waals surface area contributed by atoms with Crippen molar-refractivity contribution in [2.75, 3.05) is 25.0 Å². The molecule has 1 saturated heterocycles. The van der Waals surface area contributed by atoms with E-state index in [4.69, 9.17) is 4.74 Å². The van der Waals surface area contributed by atoms with Crippen LogP contribution in [0, 0.1) is 5.92 Å². The van der Waals surface area contributed by atoms with E-state index in [0.29, 0.717) is 18.8 Å². The molecule has 1 unspecified atom stereocenters. The van der Waals surface area contributed by atoms with Gasteiger partial charge in [0.15, 0.2) is 0 Å². The van der Waals surface area contributed by atoms with Crippen molar-refractivity contribution in [3.63, 3.8) is 0 Å². The van der Waals surface area contributed by atoms with Crippen molar-refractivity contribution in [3.8, 4) is 0 Å². The van der Waals surface area contributed by atoms with E-state index in [1.165, 1.54) is 28.6 Å². The topological polar surface area (TPSA) is 96.0 Å². The molecule has 1 fully saturated rings. The van der Waals surface area contributed by atoms with E-state index in [1.54, 1.807) is 11.1 Å². The number of hydrogen-bond donors (Lipinski definition) is 1. The van der Waals surface area contributed by atoms with Gasteiger partial charge in [-0.05, 0) is 41.5 Å². The van der Waals surface area contributed by atoms with Crippen LogP contribution in [-0.2, 0) is 26.2 Å². The van der Waals surface area contributed by atoms with Crippen molar-refractivity contribution >= 4 is 27.7 Å². The predicted molar refractivity (Wildman–Crippen MR) is 119 cm³/mol. The lowest BCUT2D eigenvalue weighted by Gasteiger charge is -2.21. The highest BCUT2D eigenvalue weighted by Crippen LogP contribution is 2.33. The summed E-state index contributed by atoms with van der Waals surface area (Å²) in [7, 11) is -3.73.